The lowest BCUT2D eigenvalue weighted by atomic mass is 10.1. The number of benzene rings is 1. The molecule has 6 heteroatoms. The predicted molar refractivity (Wildman–Crippen MR) is 74.5 cm³/mol. The first-order valence-electron chi connectivity index (χ1n) is 6.29. The maximum atomic E-state index is 12.1. The first-order valence-corrected chi connectivity index (χ1v) is 6.29. The van der Waals surface area contributed by atoms with Crippen molar-refractivity contribution in [1.29, 1.82) is 0 Å². The van der Waals surface area contributed by atoms with Crippen molar-refractivity contribution < 1.29 is 9.72 Å². The van der Waals surface area contributed by atoms with Crippen LogP contribution in [0.3, 0.4) is 0 Å². The standard InChI is InChI=1S/C13H19N3O3/c1-4-9-14-11-8-6-7-10(12(11)16(18)19)13(17)15(3)5-2/h6-8,14H,4-5,9H2,1-3H3. The zero-order valence-electron chi connectivity index (χ0n) is 11.5. The molecule has 1 N–H and O–H groups in total. The summed E-state index contributed by atoms with van der Waals surface area (Å²) in [5, 5.41) is 14.2. The van der Waals surface area contributed by atoms with Crippen molar-refractivity contribution in [3.63, 3.8) is 0 Å². The fourth-order valence-corrected chi connectivity index (χ4v) is 1.66. The van der Waals surface area contributed by atoms with Gasteiger partial charge in [-0.2, -0.15) is 0 Å². The Labute approximate surface area is 112 Å². The van der Waals surface area contributed by atoms with Crippen LogP contribution in [0.1, 0.15) is 30.6 Å². The smallest absolute Gasteiger partial charge is 0.305 e. The summed E-state index contributed by atoms with van der Waals surface area (Å²) in [6.07, 6.45) is 0.851. The molecule has 0 atom stereocenters. The van der Waals surface area contributed by atoms with Crippen LogP contribution in [0.5, 0.6) is 0 Å². The molecule has 1 amide bonds. The van der Waals surface area contributed by atoms with Crippen LogP contribution in [0.15, 0.2) is 18.2 Å². The third-order valence-corrected chi connectivity index (χ3v) is 2.84. The van der Waals surface area contributed by atoms with Gasteiger partial charge in [0.25, 0.3) is 5.91 Å². The summed E-state index contributed by atoms with van der Waals surface area (Å²) in [4.78, 5) is 24.3. The van der Waals surface area contributed by atoms with E-state index < -0.39 is 4.92 Å². The van der Waals surface area contributed by atoms with Crippen molar-refractivity contribution in [2.24, 2.45) is 0 Å². The van der Waals surface area contributed by atoms with E-state index >= 15 is 0 Å². The minimum atomic E-state index is -0.505. The normalized spacial score (nSPS) is 10.1. The number of anilines is 1. The molecule has 0 aliphatic carbocycles. The first kappa shape index (κ1) is 14.9. The van der Waals surface area contributed by atoms with Gasteiger partial charge in [0.05, 0.1) is 4.92 Å². The second kappa shape index (κ2) is 6.72. The number of nitrogens with one attached hydrogen (secondary N) is 1. The Kier molecular flexibility index (Phi) is 5.29. The third kappa shape index (κ3) is 3.43. The predicted octanol–water partition coefficient (Wildman–Crippen LogP) is 2.51. The van der Waals surface area contributed by atoms with E-state index in [0.717, 1.165) is 6.42 Å². The van der Waals surface area contributed by atoms with Crippen molar-refractivity contribution in [2.45, 2.75) is 20.3 Å². The zero-order valence-corrected chi connectivity index (χ0v) is 11.5. The molecule has 1 rings (SSSR count). The zero-order chi connectivity index (χ0) is 14.4. The second-order valence-corrected chi connectivity index (χ2v) is 4.20. The number of carbonyl (C=O) groups excluding carboxylic acids is 1. The largest absolute Gasteiger partial charge is 0.379 e. The number of hydrogen-bond donors (Lipinski definition) is 1. The monoisotopic (exact) mass is 265 g/mol. The van der Waals surface area contributed by atoms with Gasteiger partial charge in [0, 0.05) is 20.1 Å². The Morgan fingerprint density at radius 1 is 1.42 bits per heavy atom. The lowest BCUT2D eigenvalue weighted by Crippen LogP contribution is -2.27. The van der Waals surface area contributed by atoms with E-state index in [2.05, 4.69) is 5.32 Å². The minimum Gasteiger partial charge on any atom is -0.379 e. The summed E-state index contributed by atoms with van der Waals surface area (Å²) in [6, 6.07) is 4.77. The van der Waals surface area contributed by atoms with Crippen molar-refractivity contribution in [1.82, 2.24) is 4.90 Å². The molecule has 0 aliphatic heterocycles. The van der Waals surface area contributed by atoms with Gasteiger partial charge in [0.2, 0.25) is 0 Å². The average molecular weight is 265 g/mol. The van der Waals surface area contributed by atoms with Crippen molar-refractivity contribution >= 4 is 17.3 Å². The highest BCUT2D eigenvalue weighted by Crippen LogP contribution is 2.29. The Balaban J connectivity index is 3.24. The molecule has 1 aromatic carbocycles. The molecule has 0 bridgehead atoms. The van der Waals surface area contributed by atoms with E-state index in [9.17, 15) is 14.9 Å². The molecule has 0 heterocycles. The molecular formula is C13H19N3O3. The lowest BCUT2D eigenvalue weighted by Gasteiger charge is -2.15. The van der Waals surface area contributed by atoms with Crippen LogP contribution in [-0.4, -0.2) is 35.9 Å². The highest BCUT2D eigenvalue weighted by atomic mass is 16.6. The molecule has 6 nitrogen and oxygen atoms in total. The van der Waals surface area contributed by atoms with Gasteiger partial charge in [-0.3, -0.25) is 14.9 Å². The summed E-state index contributed by atoms with van der Waals surface area (Å²) in [5.41, 5.74) is 0.360. The fraction of sp³-hybridized carbons (Fsp3) is 0.462. The van der Waals surface area contributed by atoms with Crippen LogP contribution in [0.4, 0.5) is 11.4 Å². The molecule has 0 saturated heterocycles. The van der Waals surface area contributed by atoms with Crippen molar-refractivity contribution in [3.05, 3.63) is 33.9 Å². The molecule has 0 aromatic heterocycles. The maximum absolute atomic E-state index is 12.1. The number of para-hydroxylation sites is 1. The average Bonchev–Trinajstić information content (AvgIpc) is 2.42. The van der Waals surface area contributed by atoms with E-state index in [1.54, 1.807) is 19.2 Å². The molecule has 0 radical (unpaired) electrons. The SMILES string of the molecule is CCCNc1cccc(C(=O)N(C)CC)c1[N+](=O)[O-]. The number of nitrogens with zero attached hydrogens (tertiary/aromatic N) is 2. The Morgan fingerprint density at radius 2 is 2.11 bits per heavy atom. The first-order chi connectivity index (χ1) is 9.02. The van der Waals surface area contributed by atoms with Crippen molar-refractivity contribution in [3.8, 4) is 0 Å². The highest BCUT2D eigenvalue weighted by molar-refractivity contribution is 6.00. The summed E-state index contributed by atoms with van der Waals surface area (Å²) in [7, 11) is 1.62. The van der Waals surface area contributed by atoms with Gasteiger partial charge in [0.15, 0.2) is 0 Å². The van der Waals surface area contributed by atoms with Crippen LogP contribution in [0.2, 0.25) is 0 Å². The van der Waals surface area contributed by atoms with Crippen LogP contribution in [-0.2, 0) is 0 Å². The van der Waals surface area contributed by atoms with Crippen LogP contribution in [0.25, 0.3) is 0 Å². The van der Waals surface area contributed by atoms with Gasteiger partial charge in [-0.25, -0.2) is 0 Å². The van der Waals surface area contributed by atoms with Crippen molar-refractivity contribution in [2.75, 3.05) is 25.5 Å². The highest BCUT2D eigenvalue weighted by Gasteiger charge is 2.25. The van der Waals surface area contributed by atoms with Gasteiger partial charge in [-0.15, -0.1) is 0 Å². The van der Waals surface area contributed by atoms with E-state index in [1.807, 2.05) is 13.8 Å². The molecule has 0 unspecified atom stereocenters. The van der Waals surface area contributed by atoms with Gasteiger partial charge in [0.1, 0.15) is 11.3 Å². The second-order valence-electron chi connectivity index (χ2n) is 4.20. The summed E-state index contributed by atoms with van der Waals surface area (Å²) < 4.78 is 0. The quantitative estimate of drug-likeness (QED) is 0.633. The van der Waals surface area contributed by atoms with Gasteiger partial charge in [-0.1, -0.05) is 13.0 Å². The van der Waals surface area contributed by atoms with E-state index in [4.69, 9.17) is 0 Å². The molecule has 1 aromatic rings. The number of rotatable bonds is 6. The fourth-order valence-electron chi connectivity index (χ4n) is 1.66. The van der Waals surface area contributed by atoms with E-state index in [-0.39, 0.29) is 17.2 Å². The number of amides is 1. The topological polar surface area (TPSA) is 75.5 Å². The molecule has 0 aliphatic rings. The Hall–Kier alpha value is -2.11. The lowest BCUT2D eigenvalue weighted by molar-refractivity contribution is -0.384. The maximum Gasteiger partial charge on any atom is 0.305 e. The number of nitro groups is 1. The summed E-state index contributed by atoms with van der Waals surface area (Å²) in [5.74, 6) is -0.339. The molecule has 0 fully saturated rings. The van der Waals surface area contributed by atoms with Crippen LogP contribution in [0, 0.1) is 10.1 Å². The third-order valence-electron chi connectivity index (χ3n) is 2.84. The molecule has 19 heavy (non-hydrogen) atoms. The van der Waals surface area contributed by atoms with E-state index in [0.29, 0.717) is 18.8 Å². The van der Waals surface area contributed by atoms with Gasteiger partial charge in [-0.05, 0) is 25.5 Å². The van der Waals surface area contributed by atoms with Gasteiger partial charge < -0.3 is 10.2 Å². The number of hydrogen-bond acceptors (Lipinski definition) is 4. The minimum absolute atomic E-state index is 0.121. The summed E-state index contributed by atoms with van der Waals surface area (Å²) >= 11 is 0. The molecule has 104 valence electrons. The Bertz CT molecular complexity index is 474. The number of carbonyl (C=O) groups is 1. The summed E-state index contributed by atoms with van der Waals surface area (Å²) in [6.45, 7) is 4.92. The van der Waals surface area contributed by atoms with Crippen LogP contribution < -0.4 is 5.32 Å². The Morgan fingerprint density at radius 3 is 2.63 bits per heavy atom. The van der Waals surface area contributed by atoms with Gasteiger partial charge >= 0.3 is 5.69 Å². The van der Waals surface area contributed by atoms with E-state index in [1.165, 1.54) is 11.0 Å². The molecule has 0 spiro atoms. The molecular weight excluding hydrogens is 246 g/mol. The van der Waals surface area contributed by atoms with Crippen LogP contribution >= 0.6 is 0 Å². The number of nitro benzene ring substituents is 1. The molecule has 0 saturated carbocycles.